The Morgan fingerprint density at radius 1 is 0.905 bits per heavy atom. The summed E-state index contributed by atoms with van der Waals surface area (Å²) in [4.78, 5) is 0. The highest BCUT2D eigenvalue weighted by atomic mass is 31.1. The van der Waals surface area contributed by atoms with E-state index in [1.54, 1.807) is 0 Å². The average molecular weight is 312 g/mol. The molecule has 2 aliphatic carbocycles. The molecule has 2 saturated carbocycles. The minimum Gasteiger partial charge on any atom is -0.270 e. The van der Waals surface area contributed by atoms with Crippen LogP contribution in [-0.4, -0.2) is 41.2 Å². The predicted octanol–water partition coefficient (Wildman–Crippen LogP) is 5.20. The molecule has 2 fully saturated rings. The predicted molar refractivity (Wildman–Crippen MR) is 95.8 cm³/mol. The van der Waals surface area contributed by atoms with Crippen LogP contribution in [0.4, 0.5) is 0 Å². The fourth-order valence-electron chi connectivity index (χ4n) is 5.38. The van der Waals surface area contributed by atoms with Gasteiger partial charge in [-0.15, -0.1) is 0 Å². The summed E-state index contributed by atoms with van der Waals surface area (Å²) in [6.45, 7) is 22.0. The van der Waals surface area contributed by atoms with Crippen molar-refractivity contribution in [3.63, 3.8) is 0 Å². The van der Waals surface area contributed by atoms with Crippen molar-refractivity contribution >= 4 is 8.22 Å². The summed E-state index contributed by atoms with van der Waals surface area (Å²) in [6.07, 6.45) is 4.42. The molecule has 2 rings (SSSR count). The highest BCUT2D eigenvalue weighted by molar-refractivity contribution is 7.53. The average Bonchev–Trinajstić information content (AvgIpc) is 2.92. The van der Waals surface area contributed by atoms with Crippen molar-refractivity contribution in [2.24, 2.45) is 16.7 Å². The SMILES string of the molecule is CCN(CC)P([C@@H]1C(C)(C)[C@H]2CC[C@]1(C)C2)N(CC)CC. The lowest BCUT2D eigenvalue weighted by molar-refractivity contribution is 0.179. The van der Waals surface area contributed by atoms with E-state index < -0.39 is 0 Å². The monoisotopic (exact) mass is 312 g/mol. The van der Waals surface area contributed by atoms with Gasteiger partial charge in [-0.25, -0.2) is 0 Å². The van der Waals surface area contributed by atoms with Gasteiger partial charge < -0.3 is 0 Å². The van der Waals surface area contributed by atoms with Gasteiger partial charge in [-0.05, 0) is 36.0 Å². The molecule has 3 heteroatoms. The topological polar surface area (TPSA) is 6.48 Å². The molecule has 0 amide bonds. The summed E-state index contributed by atoms with van der Waals surface area (Å²) in [7, 11) is -0.174. The number of nitrogens with zero attached hydrogens (tertiary/aromatic N) is 2. The molecular weight excluding hydrogens is 275 g/mol. The first-order valence-corrected chi connectivity index (χ1v) is 10.5. The maximum absolute atomic E-state index is 2.79. The Balaban J connectivity index is 2.40. The van der Waals surface area contributed by atoms with Crippen LogP contribution in [0.2, 0.25) is 0 Å². The van der Waals surface area contributed by atoms with E-state index in [2.05, 4.69) is 57.8 Å². The van der Waals surface area contributed by atoms with Gasteiger partial charge in [0.15, 0.2) is 0 Å². The summed E-state index contributed by atoms with van der Waals surface area (Å²) < 4.78 is 5.58. The Hall–Kier alpha value is 0.350. The summed E-state index contributed by atoms with van der Waals surface area (Å²) in [5.41, 5.74) is 1.98. The van der Waals surface area contributed by atoms with Crippen molar-refractivity contribution in [3.05, 3.63) is 0 Å². The maximum Gasteiger partial charge on any atom is 0.0438 e. The number of rotatable bonds is 7. The molecule has 0 radical (unpaired) electrons. The third-order valence-corrected chi connectivity index (χ3v) is 10.5. The first-order valence-electron chi connectivity index (χ1n) is 9.14. The van der Waals surface area contributed by atoms with Crippen LogP contribution in [0.15, 0.2) is 0 Å². The van der Waals surface area contributed by atoms with Crippen molar-refractivity contribution in [2.45, 2.75) is 73.4 Å². The van der Waals surface area contributed by atoms with Crippen LogP contribution in [-0.2, 0) is 0 Å². The number of hydrogen-bond acceptors (Lipinski definition) is 2. The van der Waals surface area contributed by atoms with E-state index in [-0.39, 0.29) is 8.22 Å². The van der Waals surface area contributed by atoms with Crippen molar-refractivity contribution in [3.8, 4) is 0 Å². The van der Waals surface area contributed by atoms with Gasteiger partial charge in [-0.1, -0.05) is 48.5 Å². The third-order valence-electron chi connectivity index (χ3n) is 6.46. The van der Waals surface area contributed by atoms with Gasteiger partial charge in [0.25, 0.3) is 0 Å². The molecule has 0 heterocycles. The van der Waals surface area contributed by atoms with E-state index in [9.17, 15) is 0 Å². The van der Waals surface area contributed by atoms with Crippen molar-refractivity contribution in [1.29, 1.82) is 0 Å². The van der Waals surface area contributed by atoms with Gasteiger partial charge in [0.05, 0.1) is 0 Å². The molecule has 0 aromatic heterocycles. The Labute approximate surface area is 134 Å². The zero-order valence-electron chi connectivity index (χ0n) is 15.4. The van der Waals surface area contributed by atoms with Gasteiger partial charge in [0.2, 0.25) is 0 Å². The van der Waals surface area contributed by atoms with Gasteiger partial charge in [0, 0.05) is 40.1 Å². The molecule has 21 heavy (non-hydrogen) atoms. The highest BCUT2D eigenvalue weighted by Gasteiger charge is 2.62. The van der Waals surface area contributed by atoms with Crippen LogP contribution >= 0.6 is 8.22 Å². The molecule has 2 nitrogen and oxygen atoms in total. The smallest absolute Gasteiger partial charge is 0.0438 e. The van der Waals surface area contributed by atoms with Crippen LogP contribution in [0, 0.1) is 16.7 Å². The van der Waals surface area contributed by atoms with Crippen LogP contribution in [0.3, 0.4) is 0 Å². The lowest BCUT2D eigenvalue weighted by Crippen LogP contribution is -2.46. The molecule has 0 aliphatic heterocycles. The lowest BCUT2D eigenvalue weighted by atomic mass is 9.72. The van der Waals surface area contributed by atoms with Crippen LogP contribution in [0.5, 0.6) is 0 Å². The Kier molecular flexibility index (Phi) is 5.44. The van der Waals surface area contributed by atoms with E-state index in [0.717, 1.165) is 11.6 Å². The molecule has 124 valence electrons. The van der Waals surface area contributed by atoms with Gasteiger partial charge >= 0.3 is 0 Å². The Morgan fingerprint density at radius 2 is 1.38 bits per heavy atom. The van der Waals surface area contributed by atoms with E-state index in [1.165, 1.54) is 45.4 Å². The second kappa shape index (κ2) is 6.46. The summed E-state index contributed by atoms with van der Waals surface area (Å²) >= 11 is 0. The van der Waals surface area contributed by atoms with Gasteiger partial charge in [0.1, 0.15) is 0 Å². The largest absolute Gasteiger partial charge is 0.270 e. The fourth-order valence-corrected chi connectivity index (χ4v) is 9.15. The van der Waals surface area contributed by atoms with Crippen LogP contribution in [0.1, 0.15) is 67.7 Å². The molecule has 0 saturated heterocycles. The molecule has 0 N–H and O–H groups in total. The highest BCUT2D eigenvalue weighted by Crippen LogP contribution is 2.73. The van der Waals surface area contributed by atoms with Crippen molar-refractivity contribution in [1.82, 2.24) is 9.34 Å². The molecule has 2 aliphatic rings. The lowest BCUT2D eigenvalue weighted by Gasteiger charge is -2.53. The number of fused-ring (bicyclic) bond motifs is 2. The van der Waals surface area contributed by atoms with Crippen LogP contribution in [0.25, 0.3) is 0 Å². The third kappa shape index (κ3) is 2.81. The zero-order valence-corrected chi connectivity index (χ0v) is 16.3. The van der Waals surface area contributed by atoms with Crippen molar-refractivity contribution < 1.29 is 0 Å². The van der Waals surface area contributed by atoms with Crippen LogP contribution < -0.4 is 0 Å². The van der Waals surface area contributed by atoms with E-state index in [0.29, 0.717) is 10.8 Å². The second-order valence-electron chi connectivity index (χ2n) is 7.92. The normalized spacial score (nSPS) is 34.6. The minimum absolute atomic E-state index is 0.174. The summed E-state index contributed by atoms with van der Waals surface area (Å²) in [5.74, 6) is 0.962. The number of hydrogen-bond donors (Lipinski definition) is 0. The molecule has 0 unspecified atom stereocenters. The molecule has 2 bridgehead atoms. The molecule has 0 aromatic rings. The molecular formula is C18H37N2P. The Bertz CT molecular complexity index is 332. The van der Waals surface area contributed by atoms with E-state index >= 15 is 0 Å². The standard InChI is InChI=1S/C18H37N2P/c1-8-19(9-2)21(20(10-3)11-4)16-17(5,6)15-12-13-18(16,7)14-15/h15-16H,8-14H2,1-7H3/t15-,16+,18+/m0/s1. The first-order chi connectivity index (χ1) is 9.85. The summed E-state index contributed by atoms with van der Waals surface area (Å²) in [6, 6.07) is 0. The zero-order chi connectivity index (χ0) is 15.8. The minimum atomic E-state index is -0.174. The van der Waals surface area contributed by atoms with Gasteiger partial charge in [-0.2, -0.15) is 0 Å². The maximum atomic E-state index is 2.79. The van der Waals surface area contributed by atoms with Crippen molar-refractivity contribution in [2.75, 3.05) is 26.2 Å². The molecule has 0 aromatic carbocycles. The molecule has 0 spiro atoms. The Morgan fingerprint density at radius 3 is 1.71 bits per heavy atom. The quantitative estimate of drug-likeness (QED) is 0.596. The second-order valence-corrected chi connectivity index (χ2v) is 10.2. The molecule has 3 atom stereocenters. The fraction of sp³-hybridized carbons (Fsp3) is 1.00. The van der Waals surface area contributed by atoms with E-state index in [4.69, 9.17) is 0 Å². The summed E-state index contributed by atoms with van der Waals surface area (Å²) in [5, 5.41) is 0. The van der Waals surface area contributed by atoms with Gasteiger partial charge in [-0.3, -0.25) is 9.34 Å². The van der Waals surface area contributed by atoms with E-state index in [1.807, 2.05) is 0 Å². The first kappa shape index (κ1) is 17.7.